The summed E-state index contributed by atoms with van der Waals surface area (Å²) in [5.41, 5.74) is 2.55. The van der Waals surface area contributed by atoms with Gasteiger partial charge in [0.25, 0.3) is 5.91 Å². The van der Waals surface area contributed by atoms with Crippen molar-refractivity contribution < 1.29 is 23.9 Å². The molecule has 0 heterocycles. The van der Waals surface area contributed by atoms with Gasteiger partial charge in [0, 0.05) is 28.9 Å². The number of anilines is 3. The Morgan fingerprint density at radius 1 is 0.778 bits per heavy atom. The molecule has 3 rings (SSSR count). The van der Waals surface area contributed by atoms with Crippen LogP contribution in [-0.2, 0) is 4.79 Å². The molecule has 0 aliphatic heterocycles. The Balaban J connectivity index is 1.83. The van der Waals surface area contributed by atoms with Crippen molar-refractivity contribution in [2.45, 2.75) is 33.7 Å². The summed E-state index contributed by atoms with van der Waals surface area (Å²) in [6, 6.07) is 18.4. The van der Waals surface area contributed by atoms with Crippen LogP contribution < -0.4 is 25.4 Å². The monoisotopic (exact) mass is 489 g/mol. The van der Waals surface area contributed by atoms with Gasteiger partial charge in [0.05, 0.1) is 24.6 Å². The quantitative estimate of drug-likeness (QED) is 0.312. The predicted molar refractivity (Wildman–Crippen MR) is 141 cm³/mol. The third kappa shape index (κ3) is 6.85. The largest absolute Gasteiger partial charge is 0.492 e. The van der Waals surface area contributed by atoms with Crippen LogP contribution in [0.4, 0.5) is 17.1 Å². The zero-order valence-electron chi connectivity index (χ0n) is 20.9. The van der Waals surface area contributed by atoms with Crippen LogP contribution in [-0.4, -0.2) is 36.9 Å². The maximum Gasteiger partial charge on any atom is 0.255 e. The van der Waals surface area contributed by atoms with Gasteiger partial charge in [-0.25, -0.2) is 0 Å². The van der Waals surface area contributed by atoms with E-state index in [-0.39, 0.29) is 17.6 Å². The number of nitrogens with one attached hydrogen (secondary N) is 3. The second-order valence-electron chi connectivity index (χ2n) is 8.02. The van der Waals surface area contributed by atoms with E-state index < -0.39 is 6.04 Å². The summed E-state index contributed by atoms with van der Waals surface area (Å²) >= 11 is 0. The van der Waals surface area contributed by atoms with Crippen molar-refractivity contribution in [3.05, 3.63) is 77.9 Å². The van der Waals surface area contributed by atoms with Crippen molar-refractivity contribution in [2.75, 3.05) is 29.2 Å². The lowest BCUT2D eigenvalue weighted by Gasteiger charge is -2.21. The van der Waals surface area contributed by atoms with Gasteiger partial charge < -0.3 is 25.4 Å². The number of rotatable bonds is 11. The van der Waals surface area contributed by atoms with Crippen LogP contribution >= 0.6 is 0 Å². The molecule has 3 N–H and O–H groups in total. The van der Waals surface area contributed by atoms with E-state index in [0.29, 0.717) is 52.9 Å². The highest BCUT2D eigenvalue weighted by atomic mass is 16.5. The second kappa shape index (κ2) is 12.4. The fourth-order valence-corrected chi connectivity index (χ4v) is 3.47. The smallest absolute Gasteiger partial charge is 0.255 e. The Hall–Kier alpha value is -4.33. The number of Topliss-reactive ketones (excluding diaryl/α,β-unsaturated/α-hetero) is 1. The lowest BCUT2D eigenvalue weighted by atomic mass is 10.1. The minimum Gasteiger partial charge on any atom is -0.492 e. The van der Waals surface area contributed by atoms with E-state index in [1.54, 1.807) is 67.6 Å². The predicted octanol–water partition coefficient (Wildman–Crippen LogP) is 5.38. The van der Waals surface area contributed by atoms with Crippen molar-refractivity contribution in [1.29, 1.82) is 0 Å². The zero-order valence-corrected chi connectivity index (χ0v) is 20.9. The number of hydrogen-bond donors (Lipinski definition) is 3. The fourth-order valence-electron chi connectivity index (χ4n) is 3.47. The van der Waals surface area contributed by atoms with Crippen molar-refractivity contribution in [1.82, 2.24) is 0 Å². The molecule has 188 valence electrons. The van der Waals surface area contributed by atoms with Crippen LogP contribution in [0.15, 0.2) is 66.7 Å². The van der Waals surface area contributed by atoms with Crippen molar-refractivity contribution in [3.63, 3.8) is 0 Å². The third-order valence-corrected chi connectivity index (χ3v) is 5.27. The maximum absolute atomic E-state index is 12.9. The Morgan fingerprint density at radius 2 is 1.39 bits per heavy atom. The molecule has 2 amide bonds. The summed E-state index contributed by atoms with van der Waals surface area (Å²) < 4.78 is 11.6. The van der Waals surface area contributed by atoms with E-state index in [0.717, 1.165) is 0 Å². The van der Waals surface area contributed by atoms with Crippen LogP contribution in [0.1, 0.15) is 48.4 Å². The number of ether oxygens (including phenoxy) is 2. The molecule has 0 saturated carbocycles. The molecule has 0 aromatic heterocycles. The minimum absolute atomic E-state index is 0.0819. The summed E-state index contributed by atoms with van der Waals surface area (Å²) in [6.07, 6.45) is 0. The van der Waals surface area contributed by atoms with E-state index >= 15 is 0 Å². The van der Waals surface area contributed by atoms with Gasteiger partial charge in [-0.05, 0) is 52.0 Å². The summed E-state index contributed by atoms with van der Waals surface area (Å²) in [4.78, 5) is 37.2. The van der Waals surface area contributed by atoms with Crippen LogP contribution in [0.5, 0.6) is 11.5 Å². The van der Waals surface area contributed by atoms with Gasteiger partial charge in [0.15, 0.2) is 5.78 Å². The lowest BCUT2D eigenvalue weighted by Crippen LogP contribution is -2.32. The zero-order chi connectivity index (χ0) is 26.1. The molecule has 8 heteroatoms. The molecular formula is C28H31N3O5. The highest BCUT2D eigenvalue weighted by Crippen LogP contribution is 2.37. The summed E-state index contributed by atoms with van der Waals surface area (Å²) in [5.74, 6) is 0.247. The van der Waals surface area contributed by atoms with Crippen LogP contribution in [0, 0.1) is 0 Å². The first-order valence-corrected chi connectivity index (χ1v) is 11.8. The Morgan fingerprint density at radius 3 is 2.03 bits per heavy atom. The highest BCUT2D eigenvalue weighted by molar-refractivity contribution is 6.05. The van der Waals surface area contributed by atoms with E-state index in [9.17, 15) is 14.4 Å². The van der Waals surface area contributed by atoms with Crippen LogP contribution in [0.3, 0.4) is 0 Å². The average Bonchev–Trinajstić information content (AvgIpc) is 2.87. The number of carbonyl (C=O) groups is 3. The normalized spacial score (nSPS) is 11.2. The van der Waals surface area contributed by atoms with E-state index in [4.69, 9.17) is 9.47 Å². The minimum atomic E-state index is -0.649. The Bertz CT molecular complexity index is 1230. The van der Waals surface area contributed by atoms with Gasteiger partial charge in [-0.1, -0.05) is 30.3 Å². The molecule has 3 aromatic carbocycles. The standard InChI is InChI=1S/C28H31N3O5/c1-5-35-25-17-24(31-28(34)20-11-8-7-9-12-20)26(36-6-2)16-23(25)29-18(3)27(33)30-22-14-10-13-21(15-22)19(4)32/h7-18,29H,5-6H2,1-4H3,(H,30,33)(H,31,34). The SMILES string of the molecule is CCOc1cc(NC(C)C(=O)Nc2cccc(C(C)=O)c2)c(OCC)cc1NC(=O)c1ccccc1. The van der Waals surface area contributed by atoms with Gasteiger partial charge >= 0.3 is 0 Å². The van der Waals surface area contributed by atoms with E-state index in [1.165, 1.54) is 6.92 Å². The number of amides is 2. The first-order valence-electron chi connectivity index (χ1n) is 11.8. The first kappa shape index (κ1) is 26.3. The number of hydrogen-bond acceptors (Lipinski definition) is 6. The molecule has 0 spiro atoms. The molecule has 1 atom stereocenters. The summed E-state index contributed by atoms with van der Waals surface area (Å²) in [7, 11) is 0. The van der Waals surface area contributed by atoms with Gasteiger partial charge in [-0.3, -0.25) is 14.4 Å². The summed E-state index contributed by atoms with van der Waals surface area (Å²) in [5, 5.41) is 8.87. The van der Waals surface area contributed by atoms with Crippen LogP contribution in [0.25, 0.3) is 0 Å². The van der Waals surface area contributed by atoms with Crippen molar-refractivity contribution in [2.24, 2.45) is 0 Å². The topological polar surface area (TPSA) is 106 Å². The Kier molecular flexibility index (Phi) is 9.05. The molecule has 8 nitrogen and oxygen atoms in total. The van der Waals surface area contributed by atoms with Crippen LogP contribution in [0.2, 0.25) is 0 Å². The first-order chi connectivity index (χ1) is 17.3. The molecule has 0 radical (unpaired) electrons. The number of benzene rings is 3. The number of carbonyl (C=O) groups excluding carboxylic acids is 3. The second-order valence-corrected chi connectivity index (χ2v) is 8.02. The number of ketones is 1. The molecule has 0 aliphatic rings. The van der Waals surface area contributed by atoms with Crippen molar-refractivity contribution >= 4 is 34.7 Å². The van der Waals surface area contributed by atoms with E-state index in [2.05, 4.69) is 16.0 Å². The molecule has 0 saturated heterocycles. The lowest BCUT2D eigenvalue weighted by molar-refractivity contribution is -0.116. The van der Waals surface area contributed by atoms with Gasteiger partial charge in [-0.2, -0.15) is 0 Å². The molecule has 0 aliphatic carbocycles. The van der Waals surface area contributed by atoms with E-state index in [1.807, 2.05) is 19.9 Å². The molecule has 0 fully saturated rings. The summed E-state index contributed by atoms with van der Waals surface area (Å²) in [6.45, 7) is 7.64. The maximum atomic E-state index is 12.9. The Labute approximate surface area is 211 Å². The molecular weight excluding hydrogens is 458 g/mol. The fraction of sp³-hybridized carbons (Fsp3) is 0.250. The van der Waals surface area contributed by atoms with Gasteiger partial charge in [0.1, 0.15) is 17.5 Å². The molecule has 1 unspecified atom stereocenters. The highest BCUT2D eigenvalue weighted by Gasteiger charge is 2.19. The molecule has 36 heavy (non-hydrogen) atoms. The molecule has 3 aromatic rings. The van der Waals surface area contributed by atoms with Crippen molar-refractivity contribution in [3.8, 4) is 11.5 Å². The van der Waals surface area contributed by atoms with Gasteiger partial charge in [-0.15, -0.1) is 0 Å². The van der Waals surface area contributed by atoms with Gasteiger partial charge in [0.2, 0.25) is 5.91 Å². The average molecular weight is 490 g/mol. The molecule has 0 bridgehead atoms. The third-order valence-electron chi connectivity index (χ3n) is 5.27.